The number of nitro groups is 1. The van der Waals surface area contributed by atoms with Gasteiger partial charge in [0.2, 0.25) is 10.8 Å². The van der Waals surface area contributed by atoms with E-state index in [2.05, 4.69) is 26.0 Å². The Morgan fingerprint density at radius 3 is 2.58 bits per heavy atom. The molecule has 19 heavy (non-hydrogen) atoms. The van der Waals surface area contributed by atoms with E-state index in [0.717, 1.165) is 4.68 Å². The molecule has 0 radical (unpaired) electrons. The van der Waals surface area contributed by atoms with Gasteiger partial charge in [-0.15, -0.1) is 0 Å². The first-order chi connectivity index (χ1) is 8.91. The number of rotatable bonds is 3. The van der Waals surface area contributed by atoms with Gasteiger partial charge in [0.25, 0.3) is 6.43 Å². The lowest BCUT2D eigenvalue weighted by Crippen LogP contribution is -2.00. The maximum absolute atomic E-state index is 12.7. The van der Waals surface area contributed by atoms with E-state index < -0.39 is 27.9 Å². The Morgan fingerprint density at radius 2 is 2.16 bits per heavy atom. The van der Waals surface area contributed by atoms with E-state index in [9.17, 15) is 18.9 Å². The number of alkyl halides is 2. The minimum atomic E-state index is -3.10. The summed E-state index contributed by atoms with van der Waals surface area (Å²) >= 11 is 8.87. The summed E-state index contributed by atoms with van der Waals surface area (Å²) in [4.78, 5) is 13.6. The molecule has 0 aliphatic heterocycles. The van der Waals surface area contributed by atoms with Crippen LogP contribution in [0.15, 0.2) is 22.8 Å². The van der Waals surface area contributed by atoms with Crippen LogP contribution in [0.25, 0.3) is 5.82 Å². The molecular formula is C9H4BrClF2N4O2. The van der Waals surface area contributed by atoms with Gasteiger partial charge in [0.15, 0.2) is 5.82 Å². The lowest BCUT2D eigenvalue weighted by molar-refractivity contribution is -0.386. The Hall–Kier alpha value is -1.61. The molecule has 2 aromatic heterocycles. The average Bonchev–Trinajstić information content (AvgIpc) is 2.68. The van der Waals surface area contributed by atoms with Gasteiger partial charge in [0, 0.05) is 10.7 Å². The number of aromatic nitrogens is 3. The third kappa shape index (κ3) is 2.56. The molecule has 0 aliphatic carbocycles. The van der Waals surface area contributed by atoms with Crippen LogP contribution in [0.2, 0.25) is 5.15 Å². The fourth-order valence-corrected chi connectivity index (χ4v) is 1.89. The molecule has 0 saturated carbocycles. The van der Waals surface area contributed by atoms with Crippen LogP contribution in [0.4, 0.5) is 14.5 Å². The molecular weight excluding hydrogens is 349 g/mol. The molecule has 0 unspecified atom stereocenters. The second-order valence-electron chi connectivity index (χ2n) is 3.33. The van der Waals surface area contributed by atoms with Gasteiger partial charge in [0.1, 0.15) is 0 Å². The van der Waals surface area contributed by atoms with E-state index in [-0.39, 0.29) is 5.82 Å². The van der Waals surface area contributed by atoms with Crippen LogP contribution in [0, 0.1) is 10.1 Å². The van der Waals surface area contributed by atoms with Gasteiger partial charge in [-0.25, -0.2) is 13.8 Å². The Labute approximate surface area is 118 Å². The lowest BCUT2D eigenvalue weighted by Gasteiger charge is -2.00. The van der Waals surface area contributed by atoms with Crippen molar-refractivity contribution in [3.8, 4) is 5.82 Å². The molecule has 2 heterocycles. The van der Waals surface area contributed by atoms with Gasteiger partial charge in [-0.3, -0.25) is 10.1 Å². The first-order valence-electron chi connectivity index (χ1n) is 4.74. The first-order valence-corrected chi connectivity index (χ1v) is 5.91. The standard InChI is InChI=1S/C9H4BrClF2N4O2/c10-4-1-2-5(14-3-4)16-8(11)7(17(18)19)6(15-16)9(12)13/h1-3,9H. The van der Waals surface area contributed by atoms with E-state index in [1.54, 1.807) is 6.07 Å². The Balaban J connectivity index is 2.62. The van der Waals surface area contributed by atoms with Crippen LogP contribution in [-0.4, -0.2) is 19.7 Å². The lowest BCUT2D eigenvalue weighted by atomic mass is 10.4. The van der Waals surface area contributed by atoms with Crippen LogP contribution in [-0.2, 0) is 0 Å². The molecule has 6 nitrogen and oxygen atoms in total. The van der Waals surface area contributed by atoms with Gasteiger partial charge in [-0.2, -0.15) is 9.78 Å². The van der Waals surface area contributed by atoms with Crippen LogP contribution in [0.5, 0.6) is 0 Å². The van der Waals surface area contributed by atoms with Crippen LogP contribution >= 0.6 is 27.5 Å². The van der Waals surface area contributed by atoms with Crippen molar-refractivity contribution in [2.75, 3.05) is 0 Å². The molecule has 0 N–H and O–H groups in total. The van der Waals surface area contributed by atoms with Crippen molar-refractivity contribution in [1.82, 2.24) is 14.8 Å². The minimum Gasteiger partial charge on any atom is -0.258 e. The molecule has 0 aliphatic rings. The highest BCUT2D eigenvalue weighted by atomic mass is 79.9. The molecule has 0 spiro atoms. The second-order valence-corrected chi connectivity index (χ2v) is 4.60. The maximum atomic E-state index is 12.7. The van der Waals surface area contributed by atoms with E-state index in [0.29, 0.717) is 4.47 Å². The molecule has 2 aromatic rings. The van der Waals surface area contributed by atoms with Crippen LogP contribution < -0.4 is 0 Å². The Kier molecular flexibility index (Phi) is 3.76. The average molecular weight is 354 g/mol. The molecule has 0 aromatic carbocycles. The van der Waals surface area contributed by atoms with Gasteiger partial charge in [0.05, 0.1) is 4.92 Å². The van der Waals surface area contributed by atoms with Crippen molar-refractivity contribution >= 4 is 33.2 Å². The molecule has 0 atom stereocenters. The number of hydrogen-bond acceptors (Lipinski definition) is 4. The molecule has 10 heteroatoms. The third-order valence-electron chi connectivity index (χ3n) is 2.15. The number of nitrogens with zero attached hydrogens (tertiary/aromatic N) is 4. The smallest absolute Gasteiger partial charge is 0.258 e. The topological polar surface area (TPSA) is 73.8 Å². The third-order valence-corrected chi connectivity index (χ3v) is 2.96. The Bertz CT molecular complexity index is 632. The fourth-order valence-electron chi connectivity index (χ4n) is 1.37. The Morgan fingerprint density at radius 1 is 1.47 bits per heavy atom. The van der Waals surface area contributed by atoms with Crippen LogP contribution in [0.1, 0.15) is 12.1 Å². The van der Waals surface area contributed by atoms with Gasteiger partial charge in [-0.05, 0) is 28.1 Å². The predicted octanol–water partition coefficient (Wildman–Crippen LogP) is 3.53. The highest BCUT2D eigenvalue weighted by Gasteiger charge is 2.32. The second kappa shape index (κ2) is 5.17. The highest BCUT2D eigenvalue weighted by Crippen LogP contribution is 2.35. The number of halogens is 4. The summed E-state index contributed by atoms with van der Waals surface area (Å²) in [7, 11) is 0. The monoisotopic (exact) mass is 352 g/mol. The normalized spacial score (nSPS) is 11.0. The summed E-state index contributed by atoms with van der Waals surface area (Å²) in [6.45, 7) is 0. The molecule has 0 amide bonds. The van der Waals surface area contributed by atoms with Crippen molar-refractivity contribution < 1.29 is 13.7 Å². The molecule has 0 saturated heterocycles. The van der Waals surface area contributed by atoms with Crippen molar-refractivity contribution in [3.05, 3.63) is 43.8 Å². The minimum absolute atomic E-state index is 0.100. The summed E-state index contributed by atoms with van der Waals surface area (Å²) in [6, 6.07) is 3.01. The number of pyridine rings is 1. The van der Waals surface area contributed by atoms with Crippen molar-refractivity contribution in [3.63, 3.8) is 0 Å². The molecule has 0 bridgehead atoms. The van der Waals surface area contributed by atoms with Gasteiger partial charge >= 0.3 is 5.69 Å². The quantitative estimate of drug-likeness (QED) is 0.625. The van der Waals surface area contributed by atoms with Gasteiger partial charge in [-0.1, -0.05) is 11.6 Å². The van der Waals surface area contributed by atoms with E-state index in [4.69, 9.17) is 11.6 Å². The maximum Gasteiger partial charge on any atom is 0.335 e. The van der Waals surface area contributed by atoms with E-state index in [1.807, 2.05) is 0 Å². The summed E-state index contributed by atoms with van der Waals surface area (Å²) < 4.78 is 26.8. The highest BCUT2D eigenvalue weighted by molar-refractivity contribution is 9.10. The summed E-state index contributed by atoms with van der Waals surface area (Å²) in [5, 5.41) is 13.7. The molecule has 100 valence electrons. The zero-order valence-corrected chi connectivity index (χ0v) is 11.3. The first kappa shape index (κ1) is 13.8. The summed E-state index contributed by atoms with van der Waals surface area (Å²) in [5.74, 6) is 0.100. The molecule has 0 fully saturated rings. The fraction of sp³-hybridized carbons (Fsp3) is 0.111. The largest absolute Gasteiger partial charge is 0.335 e. The number of hydrogen-bond donors (Lipinski definition) is 0. The van der Waals surface area contributed by atoms with Crippen molar-refractivity contribution in [2.24, 2.45) is 0 Å². The van der Waals surface area contributed by atoms with Crippen molar-refractivity contribution in [1.29, 1.82) is 0 Å². The van der Waals surface area contributed by atoms with Crippen molar-refractivity contribution in [2.45, 2.75) is 6.43 Å². The summed E-state index contributed by atoms with van der Waals surface area (Å²) in [5.41, 5.74) is -1.90. The van der Waals surface area contributed by atoms with Crippen LogP contribution in [0.3, 0.4) is 0 Å². The van der Waals surface area contributed by atoms with Gasteiger partial charge < -0.3 is 0 Å². The predicted molar refractivity (Wildman–Crippen MR) is 65.7 cm³/mol. The summed E-state index contributed by atoms with van der Waals surface area (Å²) in [6.07, 6.45) is -1.71. The molecule has 2 rings (SSSR count). The zero-order valence-electron chi connectivity index (χ0n) is 8.93. The SMILES string of the molecule is O=[N+]([O-])c1c(C(F)F)nn(-c2ccc(Br)cn2)c1Cl. The van der Waals surface area contributed by atoms with E-state index in [1.165, 1.54) is 12.3 Å². The zero-order chi connectivity index (χ0) is 14.2. The van der Waals surface area contributed by atoms with E-state index >= 15 is 0 Å².